The smallest absolute Gasteiger partial charge is 0.333 e. The Kier molecular flexibility index (Phi) is 4.10. The highest BCUT2D eigenvalue weighted by atomic mass is 16.5. The molecule has 0 aromatic heterocycles. The number of methoxy groups -OCH3 is 1. The number of carbonyl (C=O) groups excluding carboxylic acids is 1. The normalized spacial score (nSPS) is 12.5. The molecule has 0 radical (unpaired) electrons. The van der Waals surface area contributed by atoms with Crippen molar-refractivity contribution >= 4 is 17.3 Å². The first-order valence-corrected chi connectivity index (χ1v) is 7.12. The Balaban J connectivity index is 1.80. The fourth-order valence-electron chi connectivity index (χ4n) is 2.40. The fraction of sp³-hybridized carbons (Fsp3) is 0.167. The summed E-state index contributed by atoms with van der Waals surface area (Å²) in [6.45, 7) is 0. The molecule has 4 heteroatoms. The van der Waals surface area contributed by atoms with Crippen LogP contribution in [0.3, 0.4) is 0 Å². The maximum absolute atomic E-state index is 12.0. The molecule has 2 bridgehead atoms. The highest BCUT2D eigenvalue weighted by Gasteiger charge is 2.12. The summed E-state index contributed by atoms with van der Waals surface area (Å²) in [5, 5.41) is 8.13. The molecule has 0 fully saturated rings. The lowest BCUT2D eigenvalue weighted by molar-refractivity contribution is -0.136. The zero-order valence-corrected chi connectivity index (χ0v) is 12.3. The topological polar surface area (TPSA) is 51.0 Å². The van der Waals surface area contributed by atoms with Crippen LogP contribution in [0.1, 0.15) is 11.1 Å². The van der Waals surface area contributed by atoms with Crippen LogP contribution in [0.5, 0.6) is 0 Å². The van der Waals surface area contributed by atoms with Crippen LogP contribution in [0.4, 0.5) is 11.4 Å². The summed E-state index contributed by atoms with van der Waals surface area (Å²) < 4.78 is 4.89. The zero-order chi connectivity index (χ0) is 15.4. The highest BCUT2D eigenvalue weighted by molar-refractivity contribution is 5.88. The first-order valence-electron chi connectivity index (χ1n) is 7.12. The molecule has 0 amide bonds. The molecular formula is C18H16N2O2. The third-order valence-corrected chi connectivity index (χ3v) is 3.60. The third-order valence-electron chi connectivity index (χ3n) is 3.60. The zero-order valence-electron chi connectivity index (χ0n) is 12.3. The van der Waals surface area contributed by atoms with Crippen LogP contribution in [-0.2, 0) is 22.4 Å². The van der Waals surface area contributed by atoms with Gasteiger partial charge in [-0.1, -0.05) is 42.5 Å². The van der Waals surface area contributed by atoms with Crippen molar-refractivity contribution < 1.29 is 9.53 Å². The van der Waals surface area contributed by atoms with E-state index in [2.05, 4.69) is 10.2 Å². The standard InChI is InChI=1S/C18H16N2O2/c1-22-18(21)15(11-13-5-3-2-4-6-13)8-7-14-9-10-16-12-17(14)20-19-16/h2-6,8-10,12H,7,11H2,1H3/b15-8-. The molecule has 2 aromatic rings. The Bertz CT molecular complexity index is 749. The number of esters is 1. The van der Waals surface area contributed by atoms with Crippen molar-refractivity contribution in [2.45, 2.75) is 12.8 Å². The lowest BCUT2D eigenvalue weighted by Gasteiger charge is -2.06. The summed E-state index contributed by atoms with van der Waals surface area (Å²) in [5.74, 6) is -0.293. The largest absolute Gasteiger partial charge is 0.466 e. The van der Waals surface area contributed by atoms with Gasteiger partial charge in [0.2, 0.25) is 0 Å². The molecule has 0 aliphatic carbocycles. The van der Waals surface area contributed by atoms with E-state index in [0.29, 0.717) is 18.4 Å². The van der Waals surface area contributed by atoms with Gasteiger partial charge >= 0.3 is 5.97 Å². The summed E-state index contributed by atoms with van der Waals surface area (Å²) >= 11 is 0. The minimum atomic E-state index is -0.293. The Morgan fingerprint density at radius 2 is 1.95 bits per heavy atom. The Morgan fingerprint density at radius 1 is 1.14 bits per heavy atom. The minimum Gasteiger partial charge on any atom is -0.466 e. The van der Waals surface area contributed by atoms with Gasteiger partial charge in [0.05, 0.1) is 18.5 Å². The van der Waals surface area contributed by atoms with Crippen LogP contribution in [-0.4, -0.2) is 13.1 Å². The predicted octanol–water partition coefficient (Wildman–Crippen LogP) is 4.30. The van der Waals surface area contributed by atoms with Gasteiger partial charge in [0, 0.05) is 12.0 Å². The van der Waals surface area contributed by atoms with Gasteiger partial charge in [-0.2, -0.15) is 10.2 Å². The second-order valence-electron chi connectivity index (χ2n) is 5.10. The average Bonchev–Trinajstić information content (AvgIpc) is 2.95. The minimum absolute atomic E-state index is 0.293. The SMILES string of the molecule is COC(=O)/C(=C\Cc1ccc2cc1N=N2)Cc1ccccc1. The highest BCUT2D eigenvalue weighted by Crippen LogP contribution is 2.33. The van der Waals surface area contributed by atoms with Crippen LogP contribution in [0.2, 0.25) is 0 Å². The Hall–Kier alpha value is -2.75. The second kappa shape index (κ2) is 6.35. The van der Waals surface area contributed by atoms with Crippen molar-refractivity contribution in [3.8, 4) is 0 Å². The van der Waals surface area contributed by atoms with E-state index in [-0.39, 0.29) is 5.97 Å². The quantitative estimate of drug-likeness (QED) is 0.520. The lowest BCUT2D eigenvalue weighted by Crippen LogP contribution is -2.08. The van der Waals surface area contributed by atoms with Crippen LogP contribution < -0.4 is 0 Å². The monoisotopic (exact) mass is 292 g/mol. The molecule has 1 aliphatic rings. The number of hydrogen-bond donors (Lipinski definition) is 0. The molecule has 0 saturated carbocycles. The molecule has 110 valence electrons. The van der Waals surface area contributed by atoms with Gasteiger partial charge in [-0.05, 0) is 29.7 Å². The number of benzene rings is 2. The number of fused-ring (bicyclic) bond motifs is 2. The van der Waals surface area contributed by atoms with Gasteiger partial charge < -0.3 is 4.74 Å². The number of allylic oxidation sites excluding steroid dienone is 1. The van der Waals surface area contributed by atoms with Gasteiger partial charge in [0.15, 0.2) is 0 Å². The van der Waals surface area contributed by atoms with Crippen molar-refractivity contribution in [1.82, 2.24) is 0 Å². The number of ether oxygens (including phenoxy) is 1. The van der Waals surface area contributed by atoms with Crippen LogP contribution in [0.25, 0.3) is 0 Å². The van der Waals surface area contributed by atoms with Gasteiger partial charge in [-0.3, -0.25) is 0 Å². The Morgan fingerprint density at radius 3 is 2.73 bits per heavy atom. The maximum atomic E-state index is 12.0. The fourth-order valence-corrected chi connectivity index (χ4v) is 2.40. The maximum Gasteiger partial charge on any atom is 0.333 e. The van der Waals surface area contributed by atoms with Gasteiger partial charge in [0.25, 0.3) is 0 Å². The van der Waals surface area contributed by atoms with E-state index < -0.39 is 0 Å². The van der Waals surface area contributed by atoms with Gasteiger partial charge in [0.1, 0.15) is 0 Å². The van der Waals surface area contributed by atoms with Crippen molar-refractivity contribution in [3.63, 3.8) is 0 Å². The number of nitrogens with zero attached hydrogens (tertiary/aromatic N) is 2. The second-order valence-corrected chi connectivity index (χ2v) is 5.10. The van der Waals surface area contributed by atoms with Crippen molar-refractivity contribution in [1.29, 1.82) is 0 Å². The summed E-state index contributed by atoms with van der Waals surface area (Å²) in [6.07, 6.45) is 3.10. The predicted molar refractivity (Wildman–Crippen MR) is 84.6 cm³/mol. The first-order chi connectivity index (χ1) is 10.8. The van der Waals surface area contributed by atoms with E-state index in [9.17, 15) is 4.79 Å². The first kappa shape index (κ1) is 14.2. The van der Waals surface area contributed by atoms with E-state index in [1.165, 1.54) is 7.11 Å². The van der Waals surface area contributed by atoms with Gasteiger partial charge in [-0.25, -0.2) is 4.79 Å². The summed E-state index contributed by atoms with van der Waals surface area (Å²) in [5.41, 5.74) is 4.54. The Labute approximate surface area is 129 Å². The summed E-state index contributed by atoms with van der Waals surface area (Å²) in [4.78, 5) is 12.0. The molecule has 0 atom stereocenters. The molecule has 3 rings (SSSR count). The van der Waals surface area contributed by atoms with Crippen LogP contribution in [0, 0.1) is 0 Å². The van der Waals surface area contributed by atoms with Crippen LogP contribution >= 0.6 is 0 Å². The molecule has 0 saturated heterocycles. The molecule has 0 unspecified atom stereocenters. The van der Waals surface area contributed by atoms with E-state index >= 15 is 0 Å². The summed E-state index contributed by atoms with van der Waals surface area (Å²) in [7, 11) is 1.41. The van der Waals surface area contributed by atoms with Crippen molar-refractivity contribution in [3.05, 3.63) is 71.3 Å². The molecule has 1 aliphatic heterocycles. The molecule has 22 heavy (non-hydrogen) atoms. The van der Waals surface area contributed by atoms with E-state index in [1.807, 2.05) is 54.6 Å². The molecule has 1 heterocycles. The molecule has 0 N–H and O–H groups in total. The lowest BCUT2D eigenvalue weighted by atomic mass is 10.0. The van der Waals surface area contributed by atoms with E-state index in [0.717, 1.165) is 22.5 Å². The third kappa shape index (κ3) is 3.11. The molecule has 2 aromatic carbocycles. The number of rotatable bonds is 5. The number of carbonyl (C=O) groups is 1. The molecule has 4 nitrogen and oxygen atoms in total. The van der Waals surface area contributed by atoms with Crippen molar-refractivity contribution in [2.75, 3.05) is 7.11 Å². The number of azo groups is 1. The van der Waals surface area contributed by atoms with Gasteiger partial charge in [-0.15, -0.1) is 0 Å². The van der Waals surface area contributed by atoms with Crippen molar-refractivity contribution in [2.24, 2.45) is 10.2 Å². The average molecular weight is 292 g/mol. The molecular weight excluding hydrogens is 276 g/mol. The summed E-state index contributed by atoms with van der Waals surface area (Å²) in [6, 6.07) is 15.8. The van der Waals surface area contributed by atoms with E-state index in [1.54, 1.807) is 0 Å². The van der Waals surface area contributed by atoms with Crippen LogP contribution in [0.15, 0.2) is 70.4 Å². The molecule has 0 spiro atoms. The van der Waals surface area contributed by atoms with E-state index in [4.69, 9.17) is 4.74 Å². The number of hydrogen-bond acceptors (Lipinski definition) is 4.